The second-order valence-electron chi connectivity index (χ2n) is 5.29. The van der Waals surface area contributed by atoms with Gasteiger partial charge in [0.15, 0.2) is 0 Å². The van der Waals surface area contributed by atoms with Crippen LogP contribution >= 0.6 is 0 Å². The van der Waals surface area contributed by atoms with Gasteiger partial charge in [0.1, 0.15) is 0 Å². The summed E-state index contributed by atoms with van der Waals surface area (Å²) in [5, 5.41) is 0. The van der Waals surface area contributed by atoms with E-state index in [4.69, 9.17) is 15.3 Å². The van der Waals surface area contributed by atoms with Crippen molar-refractivity contribution in [2.24, 2.45) is 5.84 Å². The van der Waals surface area contributed by atoms with E-state index in [0.717, 1.165) is 18.4 Å². The van der Waals surface area contributed by atoms with Crippen LogP contribution in [0.3, 0.4) is 0 Å². The Labute approximate surface area is 119 Å². The van der Waals surface area contributed by atoms with Gasteiger partial charge in [-0.2, -0.15) is 0 Å². The van der Waals surface area contributed by atoms with E-state index < -0.39 is 0 Å². The smallest absolute Gasteiger partial charge is 0.265 e. The summed E-state index contributed by atoms with van der Waals surface area (Å²) >= 11 is 0. The first-order valence-corrected chi connectivity index (χ1v) is 6.96. The molecule has 0 aliphatic carbocycles. The number of carbonyl (C=O) groups is 1. The lowest BCUT2D eigenvalue weighted by molar-refractivity contribution is -0.106. The average molecular weight is 278 g/mol. The van der Waals surface area contributed by atoms with Crippen molar-refractivity contribution in [3.05, 3.63) is 35.4 Å². The fourth-order valence-electron chi connectivity index (χ4n) is 2.63. The highest BCUT2D eigenvalue weighted by Crippen LogP contribution is 2.23. The largest absolute Gasteiger partial charge is 0.375 e. The molecule has 0 aromatic heterocycles. The quantitative estimate of drug-likeness (QED) is 0.500. The van der Waals surface area contributed by atoms with Crippen LogP contribution in [0.1, 0.15) is 42.6 Å². The fourth-order valence-corrected chi connectivity index (χ4v) is 2.63. The number of benzene rings is 1. The highest BCUT2D eigenvalue weighted by Gasteiger charge is 2.25. The first kappa shape index (κ1) is 15.0. The van der Waals surface area contributed by atoms with Gasteiger partial charge < -0.3 is 9.47 Å². The van der Waals surface area contributed by atoms with Crippen LogP contribution in [0, 0.1) is 0 Å². The summed E-state index contributed by atoms with van der Waals surface area (Å²) in [5.41, 5.74) is 3.57. The molecular weight excluding hydrogens is 256 g/mol. The molecule has 3 N–H and O–H groups in total. The van der Waals surface area contributed by atoms with Crippen molar-refractivity contribution < 1.29 is 14.3 Å². The molecule has 0 radical (unpaired) electrons. The Morgan fingerprint density at radius 1 is 1.35 bits per heavy atom. The summed E-state index contributed by atoms with van der Waals surface area (Å²) in [6.07, 6.45) is 2.37. The van der Waals surface area contributed by atoms with Crippen LogP contribution in [-0.4, -0.2) is 24.2 Å². The van der Waals surface area contributed by atoms with E-state index in [0.29, 0.717) is 12.2 Å². The Bertz CT molecular complexity index is 454. The van der Waals surface area contributed by atoms with Crippen LogP contribution in [0.15, 0.2) is 24.3 Å². The van der Waals surface area contributed by atoms with Crippen molar-refractivity contribution in [2.45, 2.75) is 51.6 Å². The summed E-state index contributed by atoms with van der Waals surface area (Å²) in [6.45, 7) is 4.53. The summed E-state index contributed by atoms with van der Waals surface area (Å²) < 4.78 is 11.6. The van der Waals surface area contributed by atoms with Gasteiger partial charge in [-0.15, -0.1) is 0 Å². The molecule has 2 unspecified atom stereocenters. The van der Waals surface area contributed by atoms with Gasteiger partial charge in [0.05, 0.1) is 24.9 Å². The third-order valence-electron chi connectivity index (χ3n) is 3.52. The molecule has 1 amide bonds. The van der Waals surface area contributed by atoms with Gasteiger partial charge in [0.25, 0.3) is 5.91 Å². The molecule has 2 rings (SSSR count). The highest BCUT2D eigenvalue weighted by atomic mass is 16.5. The number of carbonyl (C=O) groups excluding carboxylic acids is 1. The molecule has 1 saturated heterocycles. The minimum Gasteiger partial charge on any atom is -0.375 e. The Morgan fingerprint density at radius 3 is 2.65 bits per heavy atom. The number of hydrogen-bond donors (Lipinski definition) is 2. The van der Waals surface area contributed by atoms with Gasteiger partial charge in [-0.25, -0.2) is 5.84 Å². The SMILES string of the molecule is CC1CC(OCc2ccccc2C(=O)NN)CC(C)O1. The summed E-state index contributed by atoms with van der Waals surface area (Å²) in [4.78, 5) is 11.7. The minimum atomic E-state index is -0.294. The van der Waals surface area contributed by atoms with Crippen LogP contribution in [-0.2, 0) is 16.1 Å². The van der Waals surface area contributed by atoms with Crippen LogP contribution < -0.4 is 11.3 Å². The van der Waals surface area contributed by atoms with Crippen molar-refractivity contribution in [1.29, 1.82) is 0 Å². The molecule has 5 nitrogen and oxygen atoms in total. The second-order valence-corrected chi connectivity index (χ2v) is 5.29. The van der Waals surface area contributed by atoms with Crippen LogP contribution in [0.25, 0.3) is 0 Å². The zero-order chi connectivity index (χ0) is 14.5. The molecule has 1 aromatic carbocycles. The maximum absolute atomic E-state index is 11.7. The molecule has 0 spiro atoms. The van der Waals surface area contributed by atoms with Crippen molar-refractivity contribution in [3.63, 3.8) is 0 Å². The van der Waals surface area contributed by atoms with Crippen LogP contribution in [0.4, 0.5) is 0 Å². The van der Waals surface area contributed by atoms with Crippen molar-refractivity contribution in [2.75, 3.05) is 0 Å². The molecule has 0 bridgehead atoms. The normalized spacial score (nSPS) is 26.2. The number of ether oxygens (including phenoxy) is 2. The van der Waals surface area contributed by atoms with Crippen LogP contribution in [0.2, 0.25) is 0 Å². The van der Waals surface area contributed by atoms with Crippen molar-refractivity contribution in [3.8, 4) is 0 Å². The number of amides is 1. The van der Waals surface area contributed by atoms with Gasteiger partial charge in [0, 0.05) is 5.56 Å². The maximum Gasteiger partial charge on any atom is 0.265 e. The number of nitrogens with two attached hydrogens (primary N) is 1. The zero-order valence-corrected chi connectivity index (χ0v) is 12.0. The predicted octanol–water partition coefficient (Wildman–Crippen LogP) is 1.76. The molecule has 1 aliphatic rings. The topological polar surface area (TPSA) is 73.6 Å². The third kappa shape index (κ3) is 3.79. The molecular formula is C15H22N2O3. The number of hydrazine groups is 1. The molecule has 1 heterocycles. The van der Waals surface area contributed by atoms with Gasteiger partial charge in [-0.1, -0.05) is 18.2 Å². The number of hydrogen-bond acceptors (Lipinski definition) is 4. The van der Waals surface area contributed by atoms with Crippen molar-refractivity contribution >= 4 is 5.91 Å². The number of rotatable bonds is 4. The standard InChI is InChI=1S/C15H22N2O3/c1-10-7-13(8-11(2)20-10)19-9-12-5-3-4-6-14(12)15(18)17-16/h3-6,10-11,13H,7-9,16H2,1-2H3,(H,17,18). The summed E-state index contributed by atoms with van der Waals surface area (Å²) in [7, 11) is 0. The molecule has 1 aromatic rings. The summed E-state index contributed by atoms with van der Waals surface area (Å²) in [6, 6.07) is 7.33. The van der Waals surface area contributed by atoms with Crippen molar-refractivity contribution in [1.82, 2.24) is 5.43 Å². The molecule has 0 saturated carbocycles. The van der Waals surface area contributed by atoms with E-state index in [1.54, 1.807) is 6.07 Å². The highest BCUT2D eigenvalue weighted by molar-refractivity contribution is 5.95. The number of nitrogen functional groups attached to an aromatic ring is 1. The van der Waals surface area contributed by atoms with Gasteiger partial charge in [0.2, 0.25) is 0 Å². The third-order valence-corrected chi connectivity index (χ3v) is 3.52. The van der Waals surface area contributed by atoms with E-state index in [2.05, 4.69) is 19.3 Å². The lowest BCUT2D eigenvalue weighted by atomic mass is 10.0. The van der Waals surface area contributed by atoms with E-state index in [9.17, 15) is 4.79 Å². The van der Waals surface area contributed by atoms with Gasteiger partial charge in [-0.05, 0) is 38.3 Å². The Morgan fingerprint density at radius 2 is 2.00 bits per heavy atom. The fraction of sp³-hybridized carbons (Fsp3) is 0.533. The first-order chi connectivity index (χ1) is 9.60. The van der Waals surface area contributed by atoms with Gasteiger partial charge >= 0.3 is 0 Å². The predicted molar refractivity (Wildman–Crippen MR) is 75.9 cm³/mol. The molecule has 5 heteroatoms. The van der Waals surface area contributed by atoms with Crippen LogP contribution in [0.5, 0.6) is 0 Å². The lowest BCUT2D eigenvalue weighted by Crippen LogP contribution is -2.34. The second kappa shape index (κ2) is 6.83. The molecule has 110 valence electrons. The lowest BCUT2D eigenvalue weighted by Gasteiger charge is -2.32. The average Bonchev–Trinajstić information content (AvgIpc) is 2.43. The Balaban J connectivity index is 1.98. The van der Waals surface area contributed by atoms with E-state index in [-0.39, 0.29) is 24.2 Å². The molecule has 2 atom stereocenters. The molecule has 1 fully saturated rings. The van der Waals surface area contributed by atoms with E-state index >= 15 is 0 Å². The van der Waals surface area contributed by atoms with Gasteiger partial charge in [-0.3, -0.25) is 10.2 Å². The van der Waals surface area contributed by atoms with E-state index in [1.165, 1.54) is 0 Å². The first-order valence-electron chi connectivity index (χ1n) is 6.96. The summed E-state index contributed by atoms with van der Waals surface area (Å²) in [5.74, 6) is 4.90. The zero-order valence-electron chi connectivity index (χ0n) is 12.0. The monoisotopic (exact) mass is 278 g/mol. The van der Waals surface area contributed by atoms with E-state index in [1.807, 2.05) is 18.2 Å². The minimum absolute atomic E-state index is 0.169. The Hall–Kier alpha value is -1.43. The Kier molecular flexibility index (Phi) is 5.11. The molecule has 1 aliphatic heterocycles. The number of nitrogens with one attached hydrogen (secondary N) is 1. The maximum atomic E-state index is 11.7. The molecule has 20 heavy (non-hydrogen) atoms.